The highest BCUT2D eigenvalue weighted by atomic mass is 35.5. The summed E-state index contributed by atoms with van der Waals surface area (Å²) in [6.07, 6.45) is 0. The van der Waals surface area contributed by atoms with Crippen molar-refractivity contribution in [2.45, 2.75) is 19.4 Å². The van der Waals surface area contributed by atoms with Crippen molar-refractivity contribution in [3.8, 4) is 0 Å². The zero-order valence-electron chi connectivity index (χ0n) is 7.47. The fourth-order valence-electron chi connectivity index (χ4n) is 0.897. The minimum Gasteiger partial charge on any atom is -0.322 e. The lowest BCUT2D eigenvalue weighted by Crippen LogP contribution is -2.28. The average Bonchev–Trinajstić information content (AvgIpc) is 1.92. The SMILES string of the molecule is CC(C)(N)c1ccc(Cl)c(Cl)c1.Cl. The number of hydrogen-bond donors (Lipinski definition) is 1. The molecule has 0 saturated heterocycles. The van der Waals surface area contributed by atoms with Crippen molar-refractivity contribution >= 4 is 35.6 Å². The van der Waals surface area contributed by atoms with Crippen LogP contribution in [0, 0.1) is 0 Å². The molecule has 1 aromatic rings. The summed E-state index contributed by atoms with van der Waals surface area (Å²) < 4.78 is 0. The third-order valence-electron chi connectivity index (χ3n) is 1.66. The lowest BCUT2D eigenvalue weighted by atomic mass is 9.96. The molecule has 1 nitrogen and oxygen atoms in total. The Morgan fingerprint density at radius 2 is 1.69 bits per heavy atom. The van der Waals surface area contributed by atoms with E-state index < -0.39 is 0 Å². The molecule has 74 valence electrons. The largest absolute Gasteiger partial charge is 0.322 e. The monoisotopic (exact) mass is 239 g/mol. The highest BCUT2D eigenvalue weighted by Crippen LogP contribution is 2.26. The van der Waals surface area contributed by atoms with E-state index in [4.69, 9.17) is 28.9 Å². The molecule has 0 heterocycles. The van der Waals surface area contributed by atoms with Gasteiger partial charge in [0, 0.05) is 5.54 Å². The molecule has 4 heteroatoms. The van der Waals surface area contributed by atoms with Crippen LogP contribution in [-0.2, 0) is 5.54 Å². The summed E-state index contributed by atoms with van der Waals surface area (Å²) in [7, 11) is 0. The molecule has 0 spiro atoms. The van der Waals surface area contributed by atoms with Crippen LogP contribution in [0.1, 0.15) is 19.4 Å². The smallest absolute Gasteiger partial charge is 0.0595 e. The van der Waals surface area contributed by atoms with E-state index in [1.54, 1.807) is 12.1 Å². The van der Waals surface area contributed by atoms with E-state index in [1.165, 1.54) is 0 Å². The molecular weight excluding hydrogens is 228 g/mol. The summed E-state index contributed by atoms with van der Waals surface area (Å²) in [5.74, 6) is 0. The second-order valence-corrected chi connectivity index (χ2v) is 4.16. The number of hydrogen-bond acceptors (Lipinski definition) is 1. The van der Waals surface area contributed by atoms with Gasteiger partial charge in [-0.15, -0.1) is 12.4 Å². The van der Waals surface area contributed by atoms with E-state index in [9.17, 15) is 0 Å². The highest BCUT2D eigenvalue weighted by molar-refractivity contribution is 6.42. The molecule has 1 aromatic carbocycles. The van der Waals surface area contributed by atoms with Crippen molar-refractivity contribution in [2.24, 2.45) is 5.73 Å². The summed E-state index contributed by atoms with van der Waals surface area (Å²) in [6.45, 7) is 3.85. The second-order valence-electron chi connectivity index (χ2n) is 3.35. The van der Waals surface area contributed by atoms with E-state index >= 15 is 0 Å². The van der Waals surface area contributed by atoms with Gasteiger partial charge in [0.1, 0.15) is 0 Å². The second kappa shape index (κ2) is 4.52. The molecule has 0 aliphatic heterocycles. The van der Waals surface area contributed by atoms with Crippen LogP contribution in [0.2, 0.25) is 10.0 Å². The Morgan fingerprint density at radius 3 is 2.08 bits per heavy atom. The van der Waals surface area contributed by atoms with Gasteiger partial charge in [0.25, 0.3) is 0 Å². The Bertz CT molecular complexity index is 291. The van der Waals surface area contributed by atoms with Crippen LogP contribution in [0.4, 0.5) is 0 Å². The molecule has 13 heavy (non-hydrogen) atoms. The van der Waals surface area contributed by atoms with Crippen molar-refractivity contribution in [3.63, 3.8) is 0 Å². The average molecular weight is 241 g/mol. The molecule has 0 unspecified atom stereocenters. The third-order valence-corrected chi connectivity index (χ3v) is 2.40. The van der Waals surface area contributed by atoms with Gasteiger partial charge in [-0.3, -0.25) is 0 Å². The van der Waals surface area contributed by atoms with Crippen molar-refractivity contribution < 1.29 is 0 Å². The van der Waals surface area contributed by atoms with E-state index in [2.05, 4.69) is 0 Å². The van der Waals surface area contributed by atoms with Crippen LogP contribution in [-0.4, -0.2) is 0 Å². The fraction of sp³-hybridized carbons (Fsp3) is 0.333. The van der Waals surface area contributed by atoms with Gasteiger partial charge in [-0.25, -0.2) is 0 Å². The molecule has 0 bridgehead atoms. The zero-order valence-corrected chi connectivity index (χ0v) is 9.80. The van der Waals surface area contributed by atoms with E-state index in [-0.39, 0.29) is 17.9 Å². The molecule has 0 aliphatic rings. The predicted octanol–water partition coefficient (Wildman–Crippen LogP) is 3.61. The summed E-state index contributed by atoms with van der Waals surface area (Å²) in [6, 6.07) is 5.44. The van der Waals surface area contributed by atoms with Crippen LogP contribution in [0.15, 0.2) is 18.2 Å². The van der Waals surface area contributed by atoms with Crippen LogP contribution in [0.3, 0.4) is 0 Å². The quantitative estimate of drug-likeness (QED) is 0.797. The van der Waals surface area contributed by atoms with E-state index in [0.29, 0.717) is 10.0 Å². The van der Waals surface area contributed by atoms with Crippen LogP contribution in [0.5, 0.6) is 0 Å². The van der Waals surface area contributed by atoms with Gasteiger partial charge < -0.3 is 5.73 Å². The number of benzene rings is 1. The molecule has 0 aliphatic carbocycles. The minimum absolute atomic E-state index is 0. The topological polar surface area (TPSA) is 26.0 Å². The molecule has 1 rings (SSSR count). The predicted molar refractivity (Wildman–Crippen MR) is 60.9 cm³/mol. The first-order chi connectivity index (χ1) is 5.41. The van der Waals surface area contributed by atoms with Gasteiger partial charge in [0.2, 0.25) is 0 Å². The van der Waals surface area contributed by atoms with E-state index in [0.717, 1.165) is 5.56 Å². The summed E-state index contributed by atoms with van der Waals surface area (Å²) >= 11 is 11.6. The maximum atomic E-state index is 5.87. The molecule has 0 aromatic heterocycles. The Hall–Kier alpha value is 0.0500. The van der Waals surface area contributed by atoms with Crippen molar-refractivity contribution in [1.29, 1.82) is 0 Å². The first-order valence-corrected chi connectivity index (χ1v) is 4.41. The molecule has 0 radical (unpaired) electrons. The molecule has 0 saturated carbocycles. The Balaban J connectivity index is 0.00000144. The normalized spacial score (nSPS) is 10.8. The van der Waals surface area contributed by atoms with Crippen molar-refractivity contribution in [2.75, 3.05) is 0 Å². The van der Waals surface area contributed by atoms with Gasteiger partial charge in [-0.05, 0) is 31.5 Å². The van der Waals surface area contributed by atoms with Crippen LogP contribution >= 0.6 is 35.6 Å². The highest BCUT2D eigenvalue weighted by Gasteiger charge is 2.14. The van der Waals surface area contributed by atoms with Crippen LogP contribution in [0.25, 0.3) is 0 Å². The van der Waals surface area contributed by atoms with Crippen LogP contribution < -0.4 is 5.73 Å². The first kappa shape index (κ1) is 13.1. The molecule has 0 atom stereocenters. The standard InChI is InChI=1S/C9H11Cl2N.ClH/c1-9(2,12)6-3-4-7(10)8(11)5-6;/h3-5H,12H2,1-2H3;1H. The summed E-state index contributed by atoms with van der Waals surface area (Å²) in [5, 5.41) is 1.11. The molecule has 2 N–H and O–H groups in total. The fourth-order valence-corrected chi connectivity index (χ4v) is 1.20. The lowest BCUT2D eigenvalue weighted by molar-refractivity contribution is 0.554. The molecule has 0 fully saturated rings. The van der Waals surface area contributed by atoms with Gasteiger partial charge in [0.15, 0.2) is 0 Å². The number of rotatable bonds is 1. The summed E-state index contributed by atoms with van der Waals surface area (Å²) in [4.78, 5) is 0. The minimum atomic E-state index is -0.367. The van der Waals surface area contributed by atoms with Gasteiger partial charge in [-0.2, -0.15) is 0 Å². The Morgan fingerprint density at radius 1 is 1.15 bits per heavy atom. The summed E-state index contributed by atoms with van der Waals surface area (Å²) in [5.41, 5.74) is 6.49. The maximum absolute atomic E-state index is 5.87. The lowest BCUT2D eigenvalue weighted by Gasteiger charge is -2.19. The molecular formula is C9H12Cl3N. The number of halogens is 3. The maximum Gasteiger partial charge on any atom is 0.0595 e. The number of nitrogens with two attached hydrogens (primary N) is 1. The molecule has 0 amide bonds. The first-order valence-electron chi connectivity index (χ1n) is 3.65. The van der Waals surface area contributed by atoms with Gasteiger partial charge >= 0.3 is 0 Å². The van der Waals surface area contributed by atoms with Gasteiger partial charge in [-0.1, -0.05) is 29.3 Å². The van der Waals surface area contributed by atoms with Gasteiger partial charge in [0.05, 0.1) is 10.0 Å². The Labute approximate surface area is 94.6 Å². The third kappa shape index (κ3) is 3.35. The van der Waals surface area contributed by atoms with Crippen molar-refractivity contribution in [3.05, 3.63) is 33.8 Å². The Kier molecular flexibility index (Phi) is 4.53. The van der Waals surface area contributed by atoms with E-state index in [1.807, 2.05) is 19.9 Å². The zero-order chi connectivity index (χ0) is 9.35. The van der Waals surface area contributed by atoms with Crippen molar-refractivity contribution in [1.82, 2.24) is 0 Å².